The van der Waals surface area contributed by atoms with Gasteiger partial charge in [-0.15, -0.1) is 0 Å². The first-order chi connectivity index (χ1) is 7.98. The van der Waals surface area contributed by atoms with Gasteiger partial charge in [0.25, 0.3) is 0 Å². The van der Waals surface area contributed by atoms with Crippen molar-refractivity contribution in [3.8, 4) is 0 Å². The van der Waals surface area contributed by atoms with Crippen LogP contribution < -0.4 is 10.6 Å². The normalized spacial score (nSPS) is 18.5. The van der Waals surface area contributed by atoms with Crippen LogP contribution in [0.2, 0.25) is 0 Å². The molecule has 0 saturated heterocycles. The molecule has 1 rings (SSSR count). The highest BCUT2D eigenvalue weighted by Crippen LogP contribution is 2.18. The van der Waals surface area contributed by atoms with Crippen LogP contribution in [0.1, 0.15) is 46.0 Å². The molecule has 1 amide bonds. The third-order valence-electron chi connectivity index (χ3n) is 3.03. The van der Waals surface area contributed by atoms with Crippen molar-refractivity contribution >= 4 is 11.9 Å². The minimum absolute atomic E-state index is 0.00392. The van der Waals surface area contributed by atoms with Gasteiger partial charge in [0.2, 0.25) is 5.91 Å². The average Bonchev–Trinajstić information content (AvgIpc) is 3.01. The Kier molecular flexibility index (Phi) is 4.93. The predicted molar refractivity (Wildman–Crippen MR) is 64.7 cm³/mol. The summed E-state index contributed by atoms with van der Waals surface area (Å²) in [6, 6.07) is 0.365. The standard InChI is InChI=1S/C12H22N2O3/c1-3-7-12(2,11(16)17)13-8-6-10(15)14-9-4-5-9/h9,13H,3-8H2,1-2H3,(H,14,15)(H,16,17). The van der Waals surface area contributed by atoms with Crippen LogP contribution in [0.3, 0.4) is 0 Å². The van der Waals surface area contributed by atoms with E-state index in [1.165, 1.54) is 0 Å². The number of rotatable bonds is 8. The SMILES string of the molecule is CCCC(C)(NCCC(=O)NC1CC1)C(=O)O. The van der Waals surface area contributed by atoms with Gasteiger partial charge in [0.05, 0.1) is 0 Å². The minimum atomic E-state index is -0.922. The van der Waals surface area contributed by atoms with Crippen LogP contribution >= 0.6 is 0 Å². The number of carboxylic acids is 1. The van der Waals surface area contributed by atoms with E-state index in [0.29, 0.717) is 25.4 Å². The third-order valence-corrected chi connectivity index (χ3v) is 3.03. The Morgan fingerprint density at radius 3 is 2.53 bits per heavy atom. The summed E-state index contributed by atoms with van der Waals surface area (Å²) in [7, 11) is 0. The Balaban J connectivity index is 2.25. The number of carboxylic acid groups (broad SMARTS) is 1. The lowest BCUT2D eigenvalue weighted by Crippen LogP contribution is -2.50. The van der Waals surface area contributed by atoms with Crippen molar-refractivity contribution in [1.82, 2.24) is 10.6 Å². The highest BCUT2D eigenvalue weighted by molar-refractivity contribution is 5.79. The van der Waals surface area contributed by atoms with Crippen LogP contribution in [0.15, 0.2) is 0 Å². The lowest BCUT2D eigenvalue weighted by Gasteiger charge is -2.25. The molecule has 0 aliphatic heterocycles. The van der Waals surface area contributed by atoms with Crippen LogP contribution in [0.4, 0.5) is 0 Å². The van der Waals surface area contributed by atoms with E-state index in [0.717, 1.165) is 19.3 Å². The lowest BCUT2D eigenvalue weighted by atomic mass is 9.96. The molecule has 17 heavy (non-hydrogen) atoms. The Bertz CT molecular complexity index is 289. The van der Waals surface area contributed by atoms with Gasteiger partial charge in [0.1, 0.15) is 5.54 Å². The molecule has 0 radical (unpaired) electrons. The number of carbonyl (C=O) groups excluding carboxylic acids is 1. The molecule has 0 spiro atoms. The van der Waals surface area contributed by atoms with Crippen molar-refractivity contribution in [2.45, 2.75) is 57.5 Å². The van der Waals surface area contributed by atoms with Gasteiger partial charge < -0.3 is 15.7 Å². The number of hydrogen-bond acceptors (Lipinski definition) is 3. The average molecular weight is 242 g/mol. The molecular formula is C12H22N2O3. The molecule has 1 atom stereocenters. The fourth-order valence-electron chi connectivity index (χ4n) is 1.75. The van der Waals surface area contributed by atoms with Crippen molar-refractivity contribution in [1.29, 1.82) is 0 Å². The van der Waals surface area contributed by atoms with E-state index >= 15 is 0 Å². The largest absolute Gasteiger partial charge is 0.480 e. The smallest absolute Gasteiger partial charge is 0.323 e. The highest BCUT2D eigenvalue weighted by Gasteiger charge is 2.31. The quantitative estimate of drug-likeness (QED) is 0.590. The molecule has 1 saturated carbocycles. The van der Waals surface area contributed by atoms with Gasteiger partial charge in [-0.1, -0.05) is 13.3 Å². The predicted octanol–water partition coefficient (Wildman–Crippen LogP) is 0.888. The van der Waals surface area contributed by atoms with Gasteiger partial charge in [-0.05, 0) is 26.2 Å². The zero-order chi connectivity index (χ0) is 12.9. The van der Waals surface area contributed by atoms with Crippen LogP contribution in [0.25, 0.3) is 0 Å². The fourth-order valence-corrected chi connectivity index (χ4v) is 1.75. The van der Waals surface area contributed by atoms with Crippen LogP contribution in [-0.2, 0) is 9.59 Å². The van der Waals surface area contributed by atoms with Crippen molar-refractivity contribution in [2.75, 3.05) is 6.54 Å². The van der Waals surface area contributed by atoms with Crippen LogP contribution in [-0.4, -0.2) is 35.1 Å². The van der Waals surface area contributed by atoms with Gasteiger partial charge in [-0.3, -0.25) is 9.59 Å². The van der Waals surface area contributed by atoms with Gasteiger partial charge in [0.15, 0.2) is 0 Å². The molecule has 0 aromatic heterocycles. The summed E-state index contributed by atoms with van der Waals surface area (Å²) < 4.78 is 0. The summed E-state index contributed by atoms with van der Waals surface area (Å²) in [4.78, 5) is 22.5. The second-order valence-corrected chi connectivity index (χ2v) is 4.91. The minimum Gasteiger partial charge on any atom is -0.480 e. The van der Waals surface area contributed by atoms with E-state index < -0.39 is 11.5 Å². The maximum atomic E-state index is 11.4. The molecule has 5 nitrogen and oxygen atoms in total. The fraction of sp³-hybridized carbons (Fsp3) is 0.833. The number of hydrogen-bond donors (Lipinski definition) is 3. The summed E-state index contributed by atoms with van der Waals surface area (Å²) >= 11 is 0. The topological polar surface area (TPSA) is 78.4 Å². The molecule has 0 bridgehead atoms. The van der Waals surface area contributed by atoms with Gasteiger partial charge in [0, 0.05) is 19.0 Å². The van der Waals surface area contributed by atoms with Gasteiger partial charge in [-0.25, -0.2) is 0 Å². The van der Waals surface area contributed by atoms with E-state index in [1.807, 2.05) is 6.92 Å². The molecule has 3 N–H and O–H groups in total. The van der Waals surface area contributed by atoms with Gasteiger partial charge >= 0.3 is 5.97 Å². The first-order valence-electron chi connectivity index (χ1n) is 6.25. The molecule has 0 aromatic carbocycles. The second kappa shape index (κ2) is 6.00. The first kappa shape index (κ1) is 14.0. The Hall–Kier alpha value is -1.10. The van der Waals surface area contributed by atoms with Gasteiger partial charge in [-0.2, -0.15) is 0 Å². The molecule has 5 heteroatoms. The molecule has 1 unspecified atom stereocenters. The summed E-state index contributed by atoms with van der Waals surface area (Å²) in [5.74, 6) is -0.855. The summed E-state index contributed by atoms with van der Waals surface area (Å²) in [6.07, 6.45) is 3.84. The molecule has 1 aliphatic rings. The second-order valence-electron chi connectivity index (χ2n) is 4.91. The molecule has 1 aliphatic carbocycles. The number of amides is 1. The van der Waals surface area contributed by atoms with E-state index in [-0.39, 0.29) is 5.91 Å². The molecular weight excluding hydrogens is 220 g/mol. The van der Waals surface area contributed by atoms with Crippen molar-refractivity contribution in [3.05, 3.63) is 0 Å². The Morgan fingerprint density at radius 2 is 2.06 bits per heavy atom. The van der Waals surface area contributed by atoms with Crippen molar-refractivity contribution in [2.24, 2.45) is 0 Å². The maximum Gasteiger partial charge on any atom is 0.323 e. The molecule has 0 heterocycles. The van der Waals surface area contributed by atoms with E-state index in [9.17, 15) is 9.59 Å². The van der Waals surface area contributed by atoms with E-state index in [2.05, 4.69) is 10.6 Å². The number of aliphatic carboxylic acids is 1. The third kappa shape index (κ3) is 4.73. The monoisotopic (exact) mass is 242 g/mol. The maximum absolute atomic E-state index is 11.4. The summed E-state index contributed by atoms with van der Waals surface area (Å²) in [6.45, 7) is 4.02. The lowest BCUT2D eigenvalue weighted by molar-refractivity contribution is -0.144. The molecule has 98 valence electrons. The van der Waals surface area contributed by atoms with E-state index in [1.54, 1.807) is 6.92 Å². The molecule has 1 fully saturated rings. The Labute approximate surface area is 102 Å². The van der Waals surface area contributed by atoms with Crippen LogP contribution in [0.5, 0.6) is 0 Å². The summed E-state index contributed by atoms with van der Waals surface area (Å²) in [5, 5.41) is 15.0. The zero-order valence-electron chi connectivity index (χ0n) is 10.6. The van der Waals surface area contributed by atoms with Crippen LogP contribution in [0, 0.1) is 0 Å². The van der Waals surface area contributed by atoms with E-state index in [4.69, 9.17) is 5.11 Å². The highest BCUT2D eigenvalue weighted by atomic mass is 16.4. The number of carbonyl (C=O) groups is 2. The zero-order valence-corrected chi connectivity index (χ0v) is 10.6. The number of nitrogens with one attached hydrogen (secondary N) is 2. The molecule has 0 aromatic rings. The Morgan fingerprint density at radius 1 is 1.41 bits per heavy atom. The first-order valence-corrected chi connectivity index (χ1v) is 6.25. The van der Waals surface area contributed by atoms with Crippen molar-refractivity contribution < 1.29 is 14.7 Å². The summed E-state index contributed by atoms with van der Waals surface area (Å²) in [5.41, 5.74) is -0.922. The van der Waals surface area contributed by atoms with Crippen molar-refractivity contribution in [3.63, 3.8) is 0 Å².